The Morgan fingerprint density at radius 2 is 2.13 bits per heavy atom. The maximum Gasteiger partial charge on any atom is 0.239 e. The van der Waals surface area contributed by atoms with Crippen LogP contribution in [0.15, 0.2) is 0 Å². The Hall–Kier alpha value is 0.0700. The highest BCUT2D eigenvalue weighted by Crippen LogP contribution is 2.18. The summed E-state index contributed by atoms with van der Waals surface area (Å²) in [6.07, 6.45) is 0. The van der Waals surface area contributed by atoms with E-state index in [0.717, 1.165) is 18.8 Å². The highest BCUT2D eigenvalue weighted by Gasteiger charge is 2.26. The number of carbonyl (C=O) groups excluding carboxylic acids is 1. The van der Waals surface area contributed by atoms with Gasteiger partial charge in [0.25, 0.3) is 0 Å². The van der Waals surface area contributed by atoms with E-state index in [0.29, 0.717) is 5.25 Å². The zero-order valence-corrected chi connectivity index (χ0v) is 11.2. The summed E-state index contributed by atoms with van der Waals surface area (Å²) in [5.41, 5.74) is 5.84. The third-order valence-electron chi connectivity index (χ3n) is 2.56. The van der Waals surface area contributed by atoms with Crippen molar-refractivity contribution in [3.05, 3.63) is 0 Å². The smallest absolute Gasteiger partial charge is 0.239 e. The van der Waals surface area contributed by atoms with Crippen LogP contribution in [0.3, 0.4) is 0 Å². The van der Waals surface area contributed by atoms with Gasteiger partial charge in [-0.25, -0.2) is 0 Å². The molecule has 0 radical (unpaired) electrons. The first-order valence-electron chi connectivity index (χ1n) is 5.18. The third-order valence-corrected chi connectivity index (χ3v) is 3.69. The number of hydrogen-bond donors (Lipinski definition) is 1. The summed E-state index contributed by atoms with van der Waals surface area (Å²) in [5.74, 6) is 1.39. The van der Waals surface area contributed by atoms with Crippen LogP contribution >= 0.6 is 24.2 Å². The van der Waals surface area contributed by atoms with Crippen molar-refractivity contribution in [1.29, 1.82) is 0 Å². The van der Waals surface area contributed by atoms with Crippen LogP contribution < -0.4 is 5.73 Å². The van der Waals surface area contributed by atoms with E-state index in [1.165, 1.54) is 0 Å². The Morgan fingerprint density at radius 1 is 1.53 bits per heavy atom. The van der Waals surface area contributed by atoms with Gasteiger partial charge in [0.15, 0.2) is 0 Å². The highest BCUT2D eigenvalue weighted by molar-refractivity contribution is 7.99. The van der Waals surface area contributed by atoms with E-state index in [9.17, 15) is 4.79 Å². The fraction of sp³-hybridized carbons (Fsp3) is 0.900. The zero-order valence-electron chi connectivity index (χ0n) is 9.60. The summed E-state index contributed by atoms with van der Waals surface area (Å²) in [7, 11) is 0. The Bertz CT molecular complexity index is 214. The molecule has 0 aromatic heterocycles. The molecule has 1 fully saturated rings. The lowest BCUT2D eigenvalue weighted by Crippen LogP contribution is -2.50. The molecular formula is C10H21ClN2OS. The molecule has 0 saturated carbocycles. The average molecular weight is 253 g/mol. The number of nitrogens with zero attached hydrogens (tertiary/aromatic N) is 1. The predicted octanol–water partition coefficient (Wildman–Crippen LogP) is 1.36. The minimum Gasteiger partial charge on any atom is -0.339 e. The number of carbonyl (C=O) groups is 1. The maximum absolute atomic E-state index is 11.9. The van der Waals surface area contributed by atoms with Crippen molar-refractivity contribution in [3.63, 3.8) is 0 Å². The molecule has 1 aliphatic rings. The molecule has 1 aliphatic heterocycles. The number of amides is 1. The largest absolute Gasteiger partial charge is 0.339 e. The van der Waals surface area contributed by atoms with Crippen molar-refractivity contribution in [2.75, 3.05) is 18.8 Å². The Morgan fingerprint density at radius 3 is 2.60 bits per heavy atom. The molecule has 1 amide bonds. The second-order valence-electron chi connectivity index (χ2n) is 4.24. The molecule has 2 N–H and O–H groups in total. The molecule has 15 heavy (non-hydrogen) atoms. The number of hydrogen-bond acceptors (Lipinski definition) is 3. The Balaban J connectivity index is 0.00000196. The molecule has 0 spiro atoms. The van der Waals surface area contributed by atoms with Gasteiger partial charge in [-0.3, -0.25) is 4.79 Å². The first-order chi connectivity index (χ1) is 6.52. The first kappa shape index (κ1) is 15.1. The second kappa shape index (κ2) is 6.61. The predicted molar refractivity (Wildman–Crippen MR) is 68.6 cm³/mol. The molecule has 0 aromatic carbocycles. The van der Waals surface area contributed by atoms with E-state index < -0.39 is 0 Å². The third kappa shape index (κ3) is 4.21. The highest BCUT2D eigenvalue weighted by atomic mass is 35.5. The molecule has 2 unspecified atom stereocenters. The van der Waals surface area contributed by atoms with Gasteiger partial charge >= 0.3 is 0 Å². The summed E-state index contributed by atoms with van der Waals surface area (Å²) in [5, 5.41) is 0.548. The van der Waals surface area contributed by atoms with Crippen molar-refractivity contribution in [2.45, 2.75) is 32.1 Å². The monoisotopic (exact) mass is 252 g/mol. The molecule has 2 atom stereocenters. The van der Waals surface area contributed by atoms with Gasteiger partial charge in [-0.05, 0) is 5.92 Å². The van der Waals surface area contributed by atoms with Gasteiger partial charge in [-0.1, -0.05) is 20.8 Å². The minimum atomic E-state index is -0.328. The van der Waals surface area contributed by atoms with Crippen LogP contribution in [0.1, 0.15) is 20.8 Å². The number of thioether (sulfide) groups is 1. The van der Waals surface area contributed by atoms with Crippen molar-refractivity contribution in [3.8, 4) is 0 Å². The average Bonchev–Trinajstić information content (AvgIpc) is 2.15. The van der Waals surface area contributed by atoms with Crippen LogP contribution in [0, 0.1) is 5.92 Å². The summed E-state index contributed by atoms with van der Waals surface area (Å²) >= 11 is 1.92. The maximum atomic E-state index is 11.9. The van der Waals surface area contributed by atoms with Crippen LogP contribution in [0.4, 0.5) is 0 Å². The molecular weight excluding hydrogens is 232 g/mol. The molecule has 0 aromatic rings. The molecule has 5 heteroatoms. The minimum absolute atomic E-state index is 0. The van der Waals surface area contributed by atoms with Crippen molar-refractivity contribution in [1.82, 2.24) is 4.90 Å². The lowest BCUT2D eigenvalue weighted by molar-refractivity contribution is -0.133. The topological polar surface area (TPSA) is 46.3 Å². The first-order valence-corrected chi connectivity index (χ1v) is 6.23. The molecule has 0 aliphatic carbocycles. The van der Waals surface area contributed by atoms with Crippen LogP contribution in [0.25, 0.3) is 0 Å². The number of halogens is 1. The summed E-state index contributed by atoms with van der Waals surface area (Å²) < 4.78 is 0. The Kier molecular flexibility index (Phi) is 6.64. The lowest BCUT2D eigenvalue weighted by atomic mass is 10.0. The lowest BCUT2D eigenvalue weighted by Gasteiger charge is -2.33. The quantitative estimate of drug-likeness (QED) is 0.807. The van der Waals surface area contributed by atoms with Crippen LogP contribution in [0.2, 0.25) is 0 Å². The summed E-state index contributed by atoms with van der Waals surface area (Å²) in [6.45, 7) is 7.85. The molecule has 3 nitrogen and oxygen atoms in total. The Labute approximate surface area is 103 Å². The molecule has 90 valence electrons. The molecule has 0 bridgehead atoms. The van der Waals surface area contributed by atoms with E-state index in [1.54, 1.807) is 0 Å². The van der Waals surface area contributed by atoms with Gasteiger partial charge in [-0.15, -0.1) is 12.4 Å². The van der Waals surface area contributed by atoms with Gasteiger partial charge in [-0.2, -0.15) is 11.8 Å². The van der Waals surface area contributed by atoms with E-state index in [2.05, 4.69) is 6.92 Å². The van der Waals surface area contributed by atoms with Gasteiger partial charge in [0, 0.05) is 24.1 Å². The van der Waals surface area contributed by atoms with E-state index in [-0.39, 0.29) is 30.3 Å². The molecule has 1 saturated heterocycles. The zero-order chi connectivity index (χ0) is 10.7. The normalized spacial score (nSPS) is 23.5. The van der Waals surface area contributed by atoms with E-state index >= 15 is 0 Å². The number of rotatable bonds is 2. The van der Waals surface area contributed by atoms with Gasteiger partial charge < -0.3 is 10.6 Å². The van der Waals surface area contributed by atoms with E-state index in [1.807, 2.05) is 30.5 Å². The van der Waals surface area contributed by atoms with Crippen molar-refractivity contribution < 1.29 is 4.79 Å². The SMILES string of the molecule is CC1CN(C(=O)C(N)C(C)C)CCS1.Cl. The molecule has 1 rings (SSSR count). The fourth-order valence-corrected chi connectivity index (χ4v) is 2.53. The standard InChI is InChI=1S/C10H20N2OS.ClH/c1-7(2)9(11)10(13)12-4-5-14-8(3)6-12;/h7-9H,4-6,11H2,1-3H3;1H. The van der Waals surface area contributed by atoms with Crippen LogP contribution in [-0.4, -0.2) is 40.9 Å². The van der Waals surface area contributed by atoms with Crippen molar-refractivity contribution >= 4 is 30.1 Å². The fourth-order valence-electron chi connectivity index (χ4n) is 1.51. The van der Waals surface area contributed by atoms with E-state index in [4.69, 9.17) is 5.73 Å². The van der Waals surface area contributed by atoms with Gasteiger partial charge in [0.05, 0.1) is 6.04 Å². The molecule has 1 heterocycles. The number of nitrogens with two attached hydrogens (primary N) is 1. The van der Waals surface area contributed by atoms with Crippen LogP contribution in [0.5, 0.6) is 0 Å². The second-order valence-corrected chi connectivity index (χ2v) is 5.78. The van der Waals surface area contributed by atoms with Gasteiger partial charge in [0.2, 0.25) is 5.91 Å². The van der Waals surface area contributed by atoms with Gasteiger partial charge in [0.1, 0.15) is 0 Å². The van der Waals surface area contributed by atoms with Crippen LogP contribution in [-0.2, 0) is 4.79 Å². The van der Waals surface area contributed by atoms with Crippen molar-refractivity contribution in [2.24, 2.45) is 11.7 Å². The summed E-state index contributed by atoms with van der Waals surface area (Å²) in [6, 6.07) is -0.328. The summed E-state index contributed by atoms with van der Waals surface area (Å²) in [4.78, 5) is 13.8.